The van der Waals surface area contributed by atoms with Gasteiger partial charge in [0.25, 0.3) is 0 Å². The summed E-state index contributed by atoms with van der Waals surface area (Å²) in [4.78, 5) is 0. The van der Waals surface area contributed by atoms with Gasteiger partial charge in [0.2, 0.25) is 0 Å². The predicted octanol–water partition coefficient (Wildman–Crippen LogP) is 10.4. The van der Waals surface area contributed by atoms with Gasteiger partial charge in [-0.2, -0.15) is 0 Å². The number of rotatable bonds is 18. The molecule has 0 atom stereocenters. The molecule has 0 amide bonds. The van der Waals surface area contributed by atoms with Crippen LogP contribution in [0.1, 0.15) is 99.1 Å². The Hall–Kier alpha value is -2.62. The summed E-state index contributed by atoms with van der Waals surface area (Å²) < 4.78 is 25.6. The molecule has 2 rings (SSSR count). The van der Waals surface area contributed by atoms with E-state index in [1.165, 1.54) is 0 Å². The van der Waals surface area contributed by atoms with Crippen LogP contribution in [0.15, 0.2) is 30.3 Å². The van der Waals surface area contributed by atoms with Crippen LogP contribution in [0.4, 0.5) is 0 Å². The van der Waals surface area contributed by atoms with Crippen molar-refractivity contribution in [2.24, 2.45) is 23.7 Å². The van der Waals surface area contributed by atoms with Crippen molar-refractivity contribution >= 4 is 6.08 Å². The monoisotopic (exact) mass is 552 g/mol. The zero-order valence-corrected chi connectivity index (χ0v) is 27.1. The number of hydrogen-bond donors (Lipinski definition) is 0. The van der Waals surface area contributed by atoms with Crippen LogP contribution in [0.25, 0.3) is 17.2 Å². The van der Waals surface area contributed by atoms with E-state index in [-0.39, 0.29) is 0 Å². The van der Waals surface area contributed by atoms with Gasteiger partial charge in [-0.3, -0.25) is 0 Å². The quantitative estimate of drug-likeness (QED) is 0.184. The average molecular weight is 553 g/mol. The average Bonchev–Trinajstić information content (AvgIpc) is 2.86. The Morgan fingerprint density at radius 2 is 0.900 bits per heavy atom. The van der Waals surface area contributed by atoms with E-state index in [1.54, 1.807) is 0 Å². The first kappa shape index (κ1) is 33.6. The summed E-state index contributed by atoms with van der Waals surface area (Å²) in [7, 11) is 0. The summed E-state index contributed by atoms with van der Waals surface area (Å²) in [5.74, 6) is 5.74. The molecule has 0 saturated carbocycles. The van der Waals surface area contributed by atoms with E-state index in [0.29, 0.717) is 50.1 Å². The fourth-order valence-electron chi connectivity index (χ4n) is 4.11. The molecule has 0 fully saturated rings. The molecule has 2 aromatic rings. The molecule has 2 aromatic carbocycles. The maximum atomic E-state index is 6.48. The Labute approximate surface area is 245 Å². The van der Waals surface area contributed by atoms with Crippen molar-refractivity contribution in [3.05, 3.63) is 41.5 Å². The lowest BCUT2D eigenvalue weighted by Gasteiger charge is -2.21. The van der Waals surface area contributed by atoms with Gasteiger partial charge in [-0.15, -0.1) is 0 Å². The van der Waals surface area contributed by atoms with Crippen molar-refractivity contribution in [3.8, 4) is 34.1 Å². The SMILES string of the molecule is CC=Cc1cc(OCCC(C)C)c(-c2cc(OCCC(C)C)c(C)cc2OCCC(C)C)cc1OCCC(C)C. The zero-order valence-electron chi connectivity index (χ0n) is 27.1. The predicted molar refractivity (Wildman–Crippen MR) is 171 cm³/mol. The number of hydrogen-bond acceptors (Lipinski definition) is 4. The van der Waals surface area contributed by atoms with Gasteiger partial charge in [0.05, 0.1) is 26.4 Å². The standard InChI is InChI=1S/C36H56O4/c1-11-12-30-22-36(40-20-16-28(8)9)32(24-34(30)38-18-14-26(4)5)31-23-33(37-17-13-25(2)3)29(10)21-35(31)39-19-15-27(6)7/h11-12,21-28H,13-20H2,1-10H3. The summed E-state index contributed by atoms with van der Waals surface area (Å²) >= 11 is 0. The van der Waals surface area contributed by atoms with E-state index in [2.05, 4.69) is 98.7 Å². The Kier molecular flexibility index (Phi) is 14.5. The summed E-state index contributed by atoms with van der Waals surface area (Å²) in [5, 5.41) is 0. The maximum absolute atomic E-state index is 6.48. The summed E-state index contributed by atoms with van der Waals surface area (Å²) in [6.07, 6.45) is 8.14. The summed E-state index contributed by atoms with van der Waals surface area (Å²) in [5.41, 5.74) is 4.06. The molecule has 0 heterocycles. The van der Waals surface area contributed by atoms with Gasteiger partial charge >= 0.3 is 0 Å². The molecule has 0 aromatic heterocycles. The van der Waals surface area contributed by atoms with Crippen LogP contribution >= 0.6 is 0 Å². The van der Waals surface area contributed by atoms with Crippen LogP contribution in [0.3, 0.4) is 0 Å². The third-order valence-electron chi connectivity index (χ3n) is 6.84. The lowest BCUT2D eigenvalue weighted by atomic mass is 9.98. The van der Waals surface area contributed by atoms with Crippen LogP contribution < -0.4 is 18.9 Å². The first-order chi connectivity index (χ1) is 19.0. The molecule has 40 heavy (non-hydrogen) atoms. The van der Waals surface area contributed by atoms with E-state index in [4.69, 9.17) is 18.9 Å². The number of ether oxygens (including phenoxy) is 4. The van der Waals surface area contributed by atoms with Crippen molar-refractivity contribution < 1.29 is 18.9 Å². The van der Waals surface area contributed by atoms with Gasteiger partial charge in [0.15, 0.2) is 0 Å². The highest BCUT2D eigenvalue weighted by Gasteiger charge is 2.20. The third-order valence-corrected chi connectivity index (χ3v) is 6.84. The van der Waals surface area contributed by atoms with Crippen molar-refractivity contribution in [1.29, 1.82) is 0 Å². The van der Waals surface area contributed by atoms with Gasteiger partial charge in [0, 0.05) is 16.7 Å². The maximum Gasteiger partial charge on any atom is 0.128 e. The van der Waals surface area contributed by atoms with E-state index >= 15 is 0 Å². The molecule has 0 aliphatic carbocycles. The Bertz CT molecular complexity index is 1050. The van der Waals surface area contributed by atoms with Crippen molar-refractivity contribution in [2.45, 2.75) is 94.9 Å². The summed E-state index contributed by atoms with van der Waals surface area (Å²) in [6.45, 7) is 24.6. The molecule has 0 bridgehead atoms. The molecular weight excluding hydrogens is 496 g/mol. The minimum absolute atomic E-state index is 0.562. The Balaban J connectivity index is 2.66. The topological polar surface area (TPSA) is 36.9 Å². The minimum atomic E-state index is 0.562. The highest BCUT2D eigenvalue weighted by atomic mass is 16.5. The lowest BCUT2D eigenvalue weighted by molar-refractivity contribution is 0.279. The second-order valence-electron chi connectivity index (χ2n) is 12.6. The first-order valence-corrected chi connectivity index (χ1v) is 15.5. The molecule has 0 radical (unpaired) electrons. The molecule has 0 unspecified atom stereocenters. The molecule has 4 heteroatoms. The zero-order chi connectivity index (χ0) is 29.7. The van der Waals surface area contributed by atoms with E-state index < -0.39 is 0 Å². The fraction of sp³-hybridized carbons (Fsp3) is 0.611. The number of allylic oxidation sites excluding steroid dienone is 1. The summed E-state index contributed by atoms with van der Waals surface area (Å²) in [6, 6.07) is 8.52. The van der Waals surface area contributed by atoms with Crippen LogP contribution in [0.5, 0.6) is 23.0 Å². The second kappa shape index (κ2) is 17.3. The molecule has 0 spiro atoms. The van der Waals surface area contributed by atoms with E-state index in [1.807, 2.05) is 6.92 Å². The van der Waals surface area contributed by atoms with Crippen LogP contribution in [0.2, 0.25) is 0 Å². The molecule has 0 aliphatic rings. The lowest BCUT2D eigenvalue weighted by Crippen LogP contribution is -2.07. The Morgan fingerprint density at radius 1 is 0.525 bits per heavy atom. The smallest absolute Gasteiger partial charge is 0.128 e. The van der Waals surface area contributed by atoms with E-state index in [0.717, 1.165) is 70.9 Å². The van der Waals surface area contributed by atoms with Gasteiger partial charge in [-0.1, -0.05) is 67.5 Å². The van der Waals surface area contributed by atoms with E-state index in [9.17, 15) is 0 Å². The molecule has 4 nitrogen and oxygen atoms in total. The number of benzene rings is 2. The van der Waals surface area contributed by atoms with Gasteiger partial charge in [-0.25, -0.2) is 0 Å². The fourth-order valence-corrected chi connectivity index (χ4v) is 4.11. The van der Waals surface area contributed by atoms with Gasteiger partial charge in [0.1, 0.15) is 23.0 Å². The highest BCUT2D eigenvalue weighted by Crippen LogP contribution is 2.44. The minimum Gasteiger partial charge on any atom is -0.493 e. The molecule has 224 valence electrons. The molecular formula is C36H56O4. The van der Waals surface area contributed by atoms with Gasteiger partial charge < -0.3 is 18.9 Å². The van der Waals surface area contributed by atoms with Crippen LogP contribution in [0, 0.1) is 30.6 Å². The largest absolute Gasteiger partial charge is 0.493 e. The van der Waals surface area contributed by atoms with Gasteiger partial charge in [-0.05, 0) is 93.0 Å². The van der Waals surface area contributed by atoms with Crippen LogP contribution in [-0.4, -0.2) is 26.4 Å². The third kappa shape index (κ3) is 11.5. The first-order valence-electron chi connectivity index (χ1n) is 15.5. The van der Waals surface area contributed by atoms with Crippen molar-refractivity contribution in [3.63, 3.8) is 0 Å². The highest BCUT2D eigenvalue weighted by molar-refractivity contribution is 5.81. The number of aryl methyl sites for hydroxylation is 1. The second-order valence-corrected chi connectivity index (χ2v) is 12.6. The normalized spacial score (nSPS) is 11.8. The molecule has 0 saturated heterocycles. The van der Waals surface area contributed by atoms with Crippen LogP contribution in [-0.2, 0) is 0 Å². The van der Waals surface area contributed by atoms with Crippen molar-refractivity contribution in [2.75, 3.05) is 26.4 Å². The Morgan fingerprint density at radius 3 is 1.32 bits per heavy atom. The molecule has 0 N–H and O–H groups in total. The molecule has 0 aliphatic heterocycles. The van der Waals surface area contributed by atoms with Crippen molar-refractivity contribution in [1.82, 2.24) is 0 Å².